The smallest absolute Gasteiger partial charge is 0.119 e. The van der Waals surface area contributed by atoms with Gasteiger partial charge >= 0.3 is 0 Å². The summed E-state index contributed by atoms with van der Waals surface area (Å²) in [7, 11) is 0. The van der Waals surface area contributed by atoms with Crippen molar-refractivity contribution in [2.24, 2.45) is 0 Å². The molecule has 0 radical (unpaired) electrons. The van der Waals surface area contributed by atoms with Gasteiger partial charge in [0.1, 0.15) is 12.4 Å². The first-order valence-corrected chi connectivity index (χ1v) is 8.27. The average molecular weight is 291 g/mol. The maximum atomic E-state index is 10.1. The molecule has 0 saturated heterocycles. The molecule has 2 N–H and O–H groups in total. The van der Waals surface area contributed by atoms with E-state index in [2.05, 4.69) is 24.4 Å². The maximum absolute atomic E-state index is 10.1. The molecule has 0 heterocycles. The van der Waals surface area contributed by atoms with Crippen LogP contribution < -0.4 is 10.1 Å². The van der Waals surface area contributed by atoms with Crippen LogP contribution >= 0.6 is 0 Å². The lowest BCUT2D eigenvalue weighted by Crippen LogP contribution is -2.31. The molecule has 0 amide bonds. The number of aryl methyl sites for hydroxylation is 1. The van der Waals surface area contributed by atoms with Crippen molar-refractivity contribution in [3.05, 3.63) is 29.3 Å². The second-order valence-electron chi connectivity index (χ2n) is 6.40. The number of rotatable bonds is 7. The fourth-order valence-corrected chi connectivity index (χ4v) is 2.74. The predicted octanol–water partition coefficient (Wildman–Crippen LogP) is 3.60. The summed E-state index contributed by atoms with van der Waals surface area (Å²) in [5.74, 6) is 0.868. The van der Waals surface area contributed by atoms with Crippen molar-refractivity contribution < 1.29 is 9.84 Å². The van der Waals surface area contributed by atoms with Crippen LogP contribution in [-0.4, -0.2) is 23.9 Å². The number of nitrogens with one attached hydrogen (secondary N) is 1. The highest BCUT2D eigenvalue weighted by Crippen LogP contribution is 2.32. The zero-order valence-corrected chi connectivity index (χ0v) is 13.6. The van der Waals surface area contributed by atoms with Crippen LogP contribution in [0.15, 0.2) is 18.2 Å². The van der Waals surface area contributed by atoms with E-state index in [9.17, 15) is 5.11 Å². The molecule has 3 nitrogen and oxygen atoms in total. The topological polar surface area (TPSA) is 41.5 Å². The molecule has 0 saturated carbocycles. The third-order valence-corrected chi connectivity index (χ3v) is 4.38. The Bertz CT molecular complexity index is 457. The molecule has 118 valence electrons. The Hall–Kier alpha value is -1.06. The highest BCUT2D eigenvalue weighted by Gasteiger charge is 2.22. The van der Waals surface area contributed by atoms with Gasteiger partial charge in [-0.3, -0.25) is 0 Å². The number of hydrogen-bond donors (Lipinski definition) is 2. The molecule has 0 aliphatic heterocycles. The van der Waals surface area contributed by atoms with E-state index in [-0.39, 0.29) is 0 Å². The predicted molar refractivity (Wildman–Crippen MR) is 86.8 cm³/mol. The van der Waals surface area contributed by atoms with E-state index in [4.69, 9.17) is 4.74 Å². The molecule has 1 aliphatic rings. The van der Waals surface area contributed by atoms with Gasteiger partial charge in [0.2, 0.25) is 0 Å². The summed E-state index contributed by atoms with van der Waals surface area (Å²) in [5, 5.41) is 13.7. The van der Waals surface area contributed by atoms with Crippen LogP contribution in [0.1, 0.15) is 63.6 Å². The lowest BCUT2D eigenvalue weighted by molar-refractivity contribution is 0.00842. The largest absolute Gasteiger partial charge is 0.491 e. The van der Waals surface area contributed by atoms with E-state index in [0.717, 1.165) is 25.1 Å². The molecular formula is C18H29NO2. The summed E-state index contributed by atoms with van der Waals surface area (Å²) < 4.78 is 5.80. The molecule has 0 aromatic heterocycles. The molecule has 2 atom stereocenters. The third-order valence-electron chi connectivity index (χ3n) is 4.38. The van der Waals surface area contributed by atoms with Crippen LogP contribution in [0, 0.1) is 0 Å². The minimum Gasteiger partial charge on any atom is -0.491 e. The van der Waals surface area contributed by atoms with Gasteiger partial charge in [0, 0.05) is 6.04 Å². The van der Waals surface area contributed by atoms with Crippen molar-refractivity contribution in [2.45, 2.75) is 64.5 Å². The zero-order chi connectivity index (χ0) is 15.3. The lowest BCUT2D eigenvalue weighted by atomic mass is 9.87. The lowest BCUT2D eigenvalue weighted by Gasteiger charge is -2.28. The number of ether oxygens (including phenoxy) is 1. The number of aliphatic hydroxyl groups is 1. The molecule has 0 fully saturated rings. The summed E-state index contributed by atoms with van der Waals surface area (Å²) in [4.78, 5) is 0. The Labute approximate surface area is 128 Å². The Morgan fingerprint density at radius 3 is 2.90 bits per heavy atom. The minimum atomic E-state index is -0.754. The first kappa shape index (κ1) is 16.3. The van der Waals surface area contributed by atoms with Crippen molar-refractivity contribution in [3.63, 3.8) is 0 Å². The fraction of sp³-hybridized carbons (Fsp3) is 0.667. The number of fused-ring (bicyclic) bond motifs is 1. The molecule has 0 bridgehead atoms. The summed E-state index contributed by atoms with van der Waals surface area (Å²) >= 11 is 0. The summed E-state index contributed by atoms with van der Waals surface area (Å²) in [6.45, 7) is 7.39. The Balaban J connectivity index is 2.08. The van der Waals surface area contributed by atoms with Gasteiger partial charge in [-0.05, 0) is 68.8 Å². The van der Waals surface area contributed by atoms with Gasteiger partial charge in [0.05, 0.1) is 5.60 Å². The van der Waals surface area contributed by atoms with Gasteiger partial charge < -0.3 is 15.2 Å². The van der Waals surface area contributed by atoms with Gasteiger partial charge in [0.15, 0.2) is 0 Å². The van der Waals surface area contributed by atoms with E-state index < -0.39 is 5.60 Å². The zero-order valence-electron chi connectivity index (χ0n) is 13.6. The molecule has 21 heavy (non-hydrogen) atoms. The molecular weight excluding hydrogens is 262 g/mol. The summed E-state index contributed by atoms with van der Waals surface area (Å²) in [5.41, 5.74) is 2.06. The monoisotopic (exact) mass is 291 g/mol. The van der Waals surface area contributed by atoms with Gasteiger partial charge in [0.25, 0.3) is 0 Å². The van der Waals surface area contributed by atoms with Crippen molar-refractivity contribution in [1.29, 1.82) is 0 Å². The van der Waals surface area contributed by atoms with Crippen LogP contribution in [0.2, 0.25) is 0 Å². The van der Waals surface area contributed by atoms with Gasteiger partial charge in [-0.15, -0.1) is 0 Å². The van der Waals surface area contributed by atoms with Crippen molar-refractivity contribution >= 4 is 0 Å². The van der Waals surface area contributed by atoms with E-state index >= 15 is 0 Å². The standard InChI is InChI=1S/C18H29NO2/c1-4-11-19-17-8-6-7-14-9-10-15(12-16(14)17)21-13-18(3,20)5-2/h9-10,12,17,19-20H,4-8,11,13H2,1-3H3. The first-order valence-electron chi connectivity index (χ1n) is 8.27. The molecule has 1 aromatic carbocycles. The number of benzene rings is 1. The van der Waals surface area contributed by atoms with E-state index in [1.165, 1.54) is 24.0 Å². The fourth-order valence-electron chi connectivity index (χ4n) is 2.74. The Kier molecular flexibility index (Phi) is 5.65. The van der Waals surface area contributed by atoms with Crippen LogP contribution in [0.25, 0.3) is 0 Å². The van der Waals surface area contributed by atoms with E-state index in [0.29, 0.717) is 19.1 Å². The summed E-state index contributed by atoms with van der Waals surface area (Å²) in [6, 6.07) is 6.83. The van der Waals surface area contributed by atoms with Crippen LogP contribution in [-0.2, 0) is 6.42 Å². The molecule has 0 spiro atoms. The average Bonchev–Trinajstić information content (AvgIpc) is 2.51. The first-order chi connectivity index (χ1) is 10.1. The second-order valence-corrected chi connectivity index (χ2v) is 6.40. The maximum Gasteiger partial charge on any atom is 0.119 e. The second kappa shape index (κ2) is 7.28. The van der Waals surface area contributed by atoms with Gasteiger partial charge in [-0.25, -0.2) is 0 Å². The van der Waals surface area contributed by atoms with E-state index in [1.54, 1.807) is 0 Å². The Morgan fingerprint density at radius 2 is 2.19 bits per heavy atom. The van der Waals surface area contributed by atoms with Crippen LogP contribution in [0.4, 0.5) is 0 Å². The SMILES string of the molecule is CCCNC1CCCc2ccc(OCC(C)(O)CC)cc21. The molecule has 2 unspecified atom stereocenters. The molecule has 1 aromatic rings. The molecule has 1 aliphatic carbocycles. The van der Waals surface area contributed by atoms with Crippen molar-refractivity contribution in [2.75, 3.05) is 13.2 Å². The van der Waals surface area contributed by atoms with Crippen molar-refractivity contribution in [3.8, 4) is 5.75 Å². The molecule has 3 heteroatoms. The number of hydrogen-bond acceptors (Lipinski definition) is 3. The van der Waals surface area contributed by atoms with Crippen molar-refractivity contribution in [1.82, 2.24) is 5.32 Å². The van der Waals surface area contributed by atoms with Crippen LogP contribution in [0.5, 0.6) is 5.75 Å². The third kappa shape index (κ3) is 4.45. The highest BCUT2D eigenvalue weighted by atomic mass is 16.5. The normalized spacial score (nSPS) is 20.7. The van der Waals surface area contributed by atoms with E-state index in [1.807, 2.05) is 19.9 Å². The quantitative estimate of drug-likeness (QED) is 0.806. The molecule has 2 rings (SSSR count). The highest BCUT2D eigenvalue weighted by molar-refractivity contribution is 5.39. The van der Waals surface area contributed by atoms with Gasteiger partial charge in [-0.2, -0.15) is 0 Å². The summed E-state index contributed by atoms with van der Waals surface area (Å²) in [6.07, 6.45) is 5.45. The van der Waals surface area contributed by atoms with Crippen LogP contribution in [0.3, 0.4) is 0 Å². The Morgan fingerprint density at radius 1 is 1.38 bits per heavy atom. The van der Waals surface area contributed by atoms with Gasteiger partial charge in [-0.1, -0.05) is 19.9 Å². The minimum absolute atomic E-state index is 0.343.